The summed E-state index contributed by atoms with van der Waals surface area (Å²) in [6, 6.07) is 11.8. The van der Waals surface area contributed by atoms with Crippen molar-refractivity contribution in [1.29, 1.82) is 0 Å². The third-order valence-corrected chi connectivity index (χ3v) is 2.19. The van der Waals surface area contributed by atoms with Crippen molar-refractivity contribution in [2.45, 2.75) is 6.92 Å². The maximum absolute atomic E-state index is 5.62. The van der Waals surface area contributed by atoms with Gasteiger partial charge in [0.15, 0.2) is 0 Å². The quantitative estimate of drug-likeness (QED) is 0.692. The molecular formula is C12H12N2. The molecule has 0 fully saturated rings. The third-order valence-electron chi connectivity index (χ3n) is 2.19. The monoisotopic (exact) mass is 184 g/mol. The van der Waals surface area contributed by atoms with Crippen LogP contribution in [0.3, 0.4) is 0 Å². The van der Waals surface area contributed by atoms with Gasteiger partial charge in [0.2, 0.25) is 0 Å². The second-order valence-corrected chi connectivity index (χ2v) is 3.29. The molecule has 0 saturated carbocycles. The van der Waals surface area contributed by atoms with Gasteiger partial charge in [-0.1, -0.05) is 18.2 Å². The number of aromatic nitrogens is 1. The zero-order valence-electron chi connectivity index (χ0n) is 8.07. The lowest BCUT2D eigenvalue weighted by atomic mass is 10.1. The van der Waals surface area contributed by atoms with Crippen LogP contribution in [0, 0.1) is 6.92 Å². The highest BCUT2D eigenvalue weighted by molar-refractivity contribution is 5.64. The molecule has 2 nitrogen and oxygen atoms in total. The van der Waals surface area contributed by atoms with E-state index in [0.29, 0.717) is 0 Å². The fraction of sp³-hybridized carbons (Fsp3) is 0.0833. The van der Waals surface area contributed by atoms with Crippen LogP contribution in [0.15, 0.2) is 42.6 Å². The van der Waals surface area contributed by atoms with Gasteiger partial charge < -0.3 is 5.73 Å². The van der Waals surface area contributed by atoms with Gasteiger partial charge in [0, 0.05) is 17.4 Å². The van der Waals surface area contributed by atoms with Crippen LogP contribution >= 0.6 is 0 Å². The normalized spacial score (nSPS) is 10.1. The Labute approximate surface area is 83.4 Å². The first-order valence-electron chi connectivity index (χ1n) is 4.55. The zero-order chi connectivity index (χ0) is 9.97. The second-order valence-electron chi connectivity index (χ2n) is 3.29. The highest BCUT2D eigenvalue weighted by atomic mass is 14.7. The first-order chi connectivity index (χ1) is 6.77. The molecular weight excluding hydrogens is 172 g/mol. The summed E-state index contributed by atoms with van der Waals surface area (Å²) < 4.78 is 0. The number of pyridine rings is 1. The van der Waals surface area contributed by atoms with Gasteiger partial charge >= 0.3 is 0 Å². The molecule has 2 heteroatoms. The minimum absolute atomic E-state index is 0.780. The molecule has 0 aliphatic carbocycles. The molecule has 14 heavy (non-hydrogen) atoms. The topological polar surface area (TPSA) is 38.9 Å². The molecule has 0 unspecified atom stereocenters. The van der Waals surface area contributed by atoms with E-state index in [-0.39, 0.29) is 0 Å². The maximum atomic E-state index is 5.62. The fourth-order valence-corrected chi connectivity index (χ4v) is 1.43. The predicted octanol–water partition coefficient (Wildman–Crippen LogP) is 2.64. The molecule has 0 spiro atoms. The van der Waals surface area contributed by atoms with Gasteiger partial charge in [0.25, 0.3) is 0 Å². The Morgan fingerprint density at radius 2 is 1.79 bits per heavy atom. The summed E-state index contributed by atoms with van der Waals surface area (Å²) >= 11 is 0. The number of aryl methyl sites for hydroxylation is 1. The lowest BCUT2D eigenvalue weighted by molar-refractivity contribution is 1.27. The molecule has 2 aromatic rings. The van der Waals surface area contributed by atoms with Crippen molar-refractivity contribution in [2.24, 2.45) is 0 Å². The van der Waals surface area contributed by atoms with E-state index in [0.717, 1.165) is 16.9 Å². The van der Waals surface area contributed by atoms with Gasteiger partial charge in [-0.25, -0.2) is 0 Å². The summed E-state index contributed by atoms with van der Waals surface area (Å²) in [7, 11) is 0. The minimum Gasteiger partial charge on any atom is -0.399 e. The standard InChI is InChI=1S/C12H12N2/c1-9-3-2-8-14-12(9)10-4-6-11(13)7-5-10/h2-8H,13H2,1H3. The number of benzene rings is 1. The van der Waals surface area contributed by atoms with Crippen molar-refractivity contribution in [3.05, 3.63) is 48.2 Å². The summed E-state index contributed by atoms with van der Waals surface area (Å²) in [5.74, 6) is 0. The number of hydrogen-bond donors (Lipinski definition) is 1. The van der Waals surface area contributed by atoms with E-state index >= 15 is 0 Å². The zero-order valence-corrected chi connectivity index (χ0v) is 8.07. The van der Waals surface area contributed by atoms with Crippen LogP contribution in [0.1, 0.15) is 5.56 Å². The number of nitrogen functional groups attached to an aromatic ring is 1. The van der Waals surface area contributed by atoms with E-state index in [2.05, 4.69) is 18.0 Å². The number of hydrogen-bond acceptors (Lipinski definition) is 2. The van der Waals surface area contributed by atoms with Gasteiger partial charge in [-0.3, -0.25) is 4.98 Å². The highest BCUT2D eigenvalue weighted by Crippen LogP contribution is 2.20. The van der Waals surface area contributed by atoms with Crippen molar-refractivity contribution in [3.63, 3.8) is 0 Å². The second kappa shape index (κ2) is 3.50. The summed E-state index contributed by atoms with van der Waals surface area (Å²) in [6.07, 6.45) is 1.80. The molecule has 0 aliphatic heterocycles. The first-order valence-corrected chi connectivity index (χ1v) is 4.55. The van der Waals surface area contributed by atoms with Crippen LogP contribution in [0.5, 0.6) is 0 Å². The average molecular weight is 184 g/mol. The van der Waals surface area contributed by atoms with Crippen molar-refractivity contribution >= 4 is 5.69 Å². The lowest BCUT2D eigenvalue weighted by Crippen LogP contribution is -1.88. The van der Waals surface area contributed by atoms with Crippen LogP contribution in [-0.2, 0) is 0 Å². The van der Waals surface area contributed by atoms with E-state index in [1.807, 2.05) is 30.3 Å². The van der Waals surface area contributed by atoms with Crippen molar-refractivity contribution in [3.8, 4) is 11.3 Å². The molecule has 2 rings (SSSR count). The van der Waals surface area contributed by atoms with Crippen molar-refractivity contribution in [2.75, 3.05) is 5.73 Å². The third kappa shape index (κ3) is 1.59. The Morgan fingerprint density at radius 1 is 1.07 bits per heavy atom. The van der Waals surface area contributed by atoms with E-state index in [1.165, 1.54) is 5.56 Å². The van der Waals surface area contributed by atoms with E-state index in [1.54, 1.807) is 6.20 Å². The van der Waals surface area contributed by atoms with Crippen molar-refractivity contribution < 1.29 is 0 Å². The fourth-order valence-electron chi connectivity index (χ4n) is 1.43. The number of nitrogens with two attached hydrogens (primary N) is 1. The molecule has 0 amide bonds. The van der Waals surface area contributed by atoms with Crippen LogP contribution in [0.25, 0.3) is 11.3 Å². The summed E-state index contributed by atoms with van der Waals surface area (Å²) in [5, 5.41) is 0. The van der Waals surface area contributed by atoms with E-state index in [4.69, 9.17) is 5.73 Å². The molecule has 1 aromatic carbocycles. The van der Waals surface area contributed by atoms with Crippen LogP contribution in [0.4, 0.5) is 5.69 Å². The highest BCUT2D eigenvalue weighted by Gasteiger charge is 2.00. The van der Waals surface area contributed by atoms with Crippen LogP contribution in [0.2, 0.25) is 0 Å². The van der Waals surface area contributed by atoms with Crippen LogP contribution < -0.4 is 5.73 Å². The SMILES string of the molecule is Cc1cccnc1-c1ccc(N)cc1. The summed E-state index contributed by atoms with van der Waals surface area (Å²) in [6.45, 7) is 2.05. The molecule has 70 valence electrons. The summed E-state index contributed by atoms with van der Waals surface area (Å²) in [4.78, 5) is 4.34. The minimum atomic E-state index is 0.780. The summed E-state index contributed by atoms with van der Waals surface area (Å²) in [5.41, 5.74) is 9.71. The smallest absolute Gasteiger partial charge is 0.0731 e. The van der Waals surface area contributed by atoms with Gasteiger partial charge in [-0.15, -0.1) is 0 Å². The van der Waals surface area contributed by atoms with Gasteiger partial charge in [-0.2, -0.15) is 0 Å². The molecule has 0 radical (unpaired) electrons. The van der Waals surface area contributed by atoms with Gasteiger partial charge in [0.1, 0.15) is 0 Å². The Kier molecular flexibility index (Phi) is 2.19. The van der Waals surface area contributed by atoms with Crippen LogP contribution in [-0.4, -0.2) is 4.98 Å². The predicted molar refractivity (Wildman–Crippen MR) is 58.8 cm³/mol. The molecule has 2 N–H and O–H groups in total. The number of rotatable bonds is 1. The number of anilines is 1. The van der Waals surface area contributed by atoms with E-state index < -0.39 is 0 Å². The molecule has 0 atom stereocenters. The molecule has 0 bridgehead atoms. The van der Waals surface area contributed by atoms with Crippen molar-refractivity contribution in [1.82, 2.24) is 4.98 Å². The Morgan fingerprint density at radius 3 is 2.43 bits per heavy atom. The molecule has 1 heterocycles. The maximum Gasteiger partial charge on any atom is 0.0731 e. The van der Waals surface area contributed by atoms with Gasteiger partial charge in [-0.05, 0) is 30.7 Å². The van der Waals surface area contributed by atoms with E-state index in [9.17, 15) is 0 Å². The lowest BCUT2D eigenvalue weighted by Gasteiger charge is -2.04. The number of nitrogens with zero attached hydrogens (tertiary/aromatic N) is 1. The average Bonchev–Trinajstić information content (AvgIpc) is 2.20. The largest absolute Gasteiger partial charge is 0.399 e. The Balaban J connectivity index is 2.50. The molecule has 1 aromatic heterocycles. The Hall–Kier alpha value is -1.83. The molecule has 0 saturated heterocycles. The molecule has 0 aliphatic rings. The first kappa shape index (κ1) is 8.75. The van der Waals surface area contributed by atoms with Gasteiger partial charge in [0.05, 0.1) is 5.69 Å². The Bertz CT molecular complexity index is 432.